The molecular weight excluding hydrogens is 423 g/mol. The van der Waals surface area contributed by atoms with Crippen LogP contribution >= 0.6 is 11.6 Å². The molecule has 2 aromatic carbocycles. The molecule has 164 valence electrons. The minimum Gasteiger partial charge on any atom is -0.507 e. The molecule has 1 atom stereocenters. The lowest BCUT2D eigenvalue weighted by molar-refractivity contribution is -0.140. The van der Waals surface area contributed by atoms with E-state index in [9.17, 15) is 19.1 Å². The molecule has 0 aromatic heterocycles. The smallest absolute Gasteiger partial charge is 0.295 e. The van der Waals surface area contributed by atoms with E-state index in [0.717, 1.165) is 0 Å². The van der Waals surface area contributed by atoms with Crippen LogP contribution < -0.4 is 4.74 Å². The van der Waals surface area contributed by atoms with Gasteiger partial charge in [-0.3, -0.25) is 9.59 Å². The van der Waals surface area contributed by atoms with Crippen molar-refractivity contribution in [1.29, 1.82) is 0 Å². The van der Waals surface area contributed by atoms with Crippen LogP contribution in [0.5, 0.6) is 5.75 Å². The summed E-state index contributed by atoms with van der Waals surface area (Å²) < 4.78 is 20.1. The van der Waals surface area contributed by atoms with Crippen molar-refractivity contribution < 1.29 is 23.8 Å². The van der Waals surface area contributed by atoms with Gasteiger partial charge >= 0.3 is 0 Å². The highest BCUT2D eigenvalue weighted by molar-refractivity contribution is 6.46. The number of amides is 1. The fraction of sp³-hybridized carbons (Fsp3) is 0.304. The maximum Gasteiger partial charge on any atom is 0.295 e. The molecule has 0 unspecified atom stereocenters. The van der Waals surface area contributed by atoms with Gasteiger partial charge in [-0.25, -0.2) is 4.39 Å². The lowest BCUT2D eigenvalue weighted by Crippen LogP contribution is -2.35. The largest absolute Gasteiger partial charge is 0.507 e. The summed E-state index contributed by atoms with van der Waals surface area (Å²) in [5.74, 6) is -2.20. The first-order valence-electron chi connectivity index (χ1n) is 9.86. The molecule has 1 saturated heterocycles. The van der Waals surface area contributed by atoms with Gasteiger partial charge in [-0.15, -0.1) is 0 Å². The number of nitrogens with zero attached hydrogens (tertiary/aromatic N) is 2. The number of ketones is 1. The Labute approximate surface area is 185 Å². The summed E-state index contributed by atoms with van der Waals surface area (Å²) >= 11 is 6.23. The molecule has 6 nitrogen and oxygen atoms in total. The van der Waals surface area contributed by atoms with E-state index < -0.39 is 29.3 Å². The zero-order chi connectivity index (χ0) is 22.7. The fourth-order valence-electron chi connectivity index (χ4n) is 3.51. The summed E-state index contributed by atoms with van der Waals surface area (Å²) in [7, 11) is 3.66. The number of hydrogen-bond acceptors (Lipinski definition) is 5. The third-order valence-corrected chi connectivity index (χ3v) is 5.33. The molecule has 3 rings (SSSR count). The van der Waals surface area contributed by atoms with E-state index >= 15 is 0 Å². The van der Waals surface area contributed by atoms with Gasteiger partial charge in [0.25, 0.3) is 11.7 Å². The third-order valence-electron chi connectivity index (χ3n) is 5.03. The lowest BCUT2D eigenvalue weighted by Gasteiger charge is -2.26. The summed E-state index contributed by atoms with van der Waals surface area (Å²) in [6.07, 6.45) is 0. The average molecular weight is 447 g/mol. The predicted octanol–water partition coefficient (Wildman–Crippen LogP) is 3.86. The number of likely N-dealkylation sites (tertiary alicyclic amines) is 1. The highest BCUT2D eigenvalue weighted by atomic mass is 35.5. The number of aliphatic hydroxyl groups is 1. The molecule has 1 heterocycles. The van der Waals surface area contributed by atoms with Crippen LogP contribution in [0, 0.1) is 5.82 Å². The number of hydrogen-bond donors (Lipinski definition) is 1. The molecule has 1 N–H and O–H groups in total. The van der Waals surface area contributed by atoms with Crippen LogP contribution in [-0.4, -0.2) is 60.4 Å². The normalized spacial score (nSPS) is 18.1. The van der Waals surface area contributed by atoms with Crippen molar-refractivity contribution in [3.63, 3.8) is 0 Å². The molecule has 0 spiro atoms. The van der Waals surface area contributed by atoms with Crippen LogP contribution in [0.4, 0.5) is 4.39 Å². The number of carbonyl (C=O) groups is 2. The molecule has 1 fully saturated rings. The molecule has 8 heteroatoms. The first-order chi connectivity index (χ1) is 14.8. The minimum atomic E-state index is -1.05. The van der Waals surface area contributed by atoms with Gasteiger partial charge in [0.2, 0.25) is 0 Å². The Kier molecular flexibility index (Phi) is 6.97. The molecule has 1 aliphatic rings. The van der Waals surface area contributed by atoms with Gasteiger partial charge in [-0.2, -0.15) is 0 Å². The van der Waals surface area contributed by atoms with E-state index in [2.05, 4.69) is 0 Å². The number of ether oxygens (including phenoxy) is 1. The lowest BCUT2D eigenvalue weighted by atomic mass is 9.95. The van der Waals surface area contributed by atoms with Crippen LogP contribution in [0.3, 0.4) is 0 Å². The van der Waals surface area contributed by atoms with Crippen molar-refractivity contribution in [3.8, 4) is 5.75 Å². The Balaban J connectivity index is 2.15. The summed E-state index contributed by atoms with van der Waals surface area (Å²) in [6.45, 7) is 2.88. The molecule has 0 aliphatic carbocycles. The predicted molar refractivity (Wildman–Crippen MR) is 117 cm³/mol. The first kappa shape index (κ1) is 22.8. The Morgan fingerprint density at radius 2 is 1.94 bits per heavy atom. The highest BCUT2D eigenvalue weighted by Gasteiger charge is 2.46. The van der Waals surface area contributed by atoms with Crippen LogP contribution in [0.25, 0.3) is 5.76 Å². The summed E-state index contributed by atoms with van der Waals surface area (Å²) in [5, 5.41) is 11.3. The maximum absolute atomic E-state index is 14.7. The molecule has 1 aliphatic heterocycles. The number of Topliss-reactive ketones (excluding diaryl/α,β-unsaturated/α-hetero) is 1. The van der Waals surface area contributed by atoms with Crippen LogP contribution in [-0.2, 0) is 9.59 Å². The Bertz CT molecular complexity index is 1040. The monoisotopic (exact) mass is 446 g/mol. The second kappa shape index (κ2) is 9.49. The van der Waals surface area contributed by atoms with Crippen LogP contribution in [0.15, 0.2) is 48.0 Å². The zero-order valence-electron chi connectivity index (χ0n) is 17.6. The van der Waals surface area contributed by atoms with Crippen molar-refractivity contribution in [3.05, 3.63) is 70.0 Å². The van der Waals surface area contributed by atoms with Gasteiger partial charge < -0.3 is 19.6 Å². The van der Waals surface area contributed by atoms with Gasteiger partial charge in [0.15, 0.2) is 0 Å². The van der Waals surface area contributed by atoms with Crippen molar-refractivity contribution in [2.75, 3.05) is 33.8 Å². The standard InChI is InChI=1S/C23H24ClFN2O4/c1-4-31-18-10-9-14(13-16(18)24)21(28)19-20(15-7-5-6-8-17(15)25)27(12-11-26(2)3)23(30)22(19)29/h5-10,13,20,28H,4,11-12H2,1-3H3/t20-/m0/s1. The second-order valence-electron chi connectivity index (χ2n) is 7.40. The van der Waals surface area contributed by atoms with Gasteiger partial charge in [0, 0.05) is 24.2 Å². The van der Waals surface area contributed by atoms with E-state index in [4.69, 9.17) is 16.3 Å². The number of aliphatic hydroxyl groups excluding tert-OH is 1. The van der Waals surface area contributed by atoms with E-state index in [1.54, 1.807) is 12.1 Å². The van der Waals surface area contributed by atoms with Crippen LogP contribution in [0.1, 0.15) is 24.1 Å². The zero-order valence-corrected chi connectivity index (χ0v) is 18.3. The number of benzene rings is 2. The Morgan fingerprint density at radius 3 is 2.55 bits per heavy atom. The number of carbonyl (C=O) groups excluding carboxylic acids is 2. The van der Waals surface area contributed by atoms with E-state index in [-0.39, 0.29) is 28.3 Å². The summed E-state index contributed by atoms with van der Waals surface area (Å²) in [5.41, 5.74) is 0.202. The number of rotatable bonds is 7. The fourth-order valence-corrected chi connectivity index (χ4v) is 3.75. The van der Waals surface area contributed by atoms with E-state index in [0.29, 0.717) is 18.9 Å². The SMILES string of the molecule is CCOc1ccc(C(O)=C2C(=O)C(=O)N(CCN(C)C)[C@H]2c2ccccc2F)cc1Cl. The first-order valence-corrected chi connectivity index (χ1v) is 10.2. The molecule has 0 bridgehead atoms. The van der Waals surface area contributed by atoms with Crippen LogP contribution in [0.2, 0.25) is 5.02 Å². The molecule has 0 radical (unpaired) electrons. The highest BCUT2D eigenvalue weighted by Crippen LogP contribution is 2.40. The molecule has 31 heavy (non-hydrogen) atoms. The van der Waals surface area contributed by atoms with E-state index in [1.165, 1.54) is 35.2 Å². The minimum absolute atomic E-state index is 0.138. The van der Waals surface area contributed by atoms with Crippen molar-refractivity contribution in [2.24, 2.45) is 0 Å². The van der Waals surface area contributed by atoms with E-state index in [1.807, 2.05) is 25.9 Å². The average Bonchev–Trinajstić information content (AvgIpc) is 2.98. The van der Waals surface area contributed by atoms with Gasteiger partial charge in [-0.05, 0) is 45.3 Å². The topological polar surface area (TPSA) is 70.1 Å². The van der Waals surface area contributed by atoms with Crippen molar-refractivity contribution in [1.82, 2.24) is 9.80 Å². The van der Waals surface area contributed by atoms with Gasteiger partial charge in [0.05, 0.1) is 23.2 Å². The summed E-state index contributed by atoms with van der Waals surface area (Å²) in [4.78, 5) is 28.9. The molecule has 2 aromatic rings. The third kappa shape index (κ3) is 4.57. The van der Waals surface area contributed by atoms with Crippen molar-refractivity contribution >= 4 is 29.1 Å². The molecule has 0 saturated carbocycles. The summed E-state index contributed by atoms with van der Waals surface area (Å²) in [6, 6.07) is 9.43. The van der Waals surface area contributed by atoms with Crippen molar-refractivity contribution in [2.45, 2.75) is 13.0 Å². The number of halogens is 2. The van der Waals surface area contributed by atoms with Gasteiger partial charge in [-0.1, -0.05) is 29.8 Å². The maximum atomic E-state index is 14.7. The molecular formula is C23H24ClFN2O4. The quantitative estimate of drug-likeness (QED) is 0.397. The Hall–Kier alpha value is -2.90. The number of likely N-dealkylation sites (N-methyl/N-ethyl adjacent to an activating group) is 1. The Morgan fingerprint density at radius 1 is 1.23 bits per heavy atom. The van der Waals surface area contributed by atoms with Gasteiger partial charge in [0.1, 0.15) is 17.3 Å². The molecule has 1 amide bonds. The second-order valence-corrected chi connectivity index (χ2v) is 7.80.